The van der Waals surface area contributed by atoms with Crippen LogP contribution in [0.1, 0.15) is 30.5 Å². The molecule has 3 aromatic rings. The molecule has 0 aliphatic rings. The number of carbonyl (C=O) groups is 1. The summed E-state index contributed by atoms with van der Waals surface area (Å²) in [7, 11) is -3.63. The summed E-state index contributed by atoms with van der Waals surface area (Å²) in [5.41, 5.74) is 1.64. The first-order valence-electron chi connectivity index (χ1n) is 10.5. The van der Waals surface area contributed by atoms with Gasteiger partial charge in [0.05, 0.1) is 17.2 Å². The van der Waals surface area contributed by atoms with E-state index >= 15 is 0 Å². The van der Waals surface area contributed by atoms with E-state index in [0.29, 0.717) is 11.7 Å². The van der Waals surface area contributed by atoms with Gasteiger partial charge in [-0.2, -0.15) is 0 Å². The number of hydrogen-bond acceptors (Lipinski definition) is 6. The molecule has 0 radical (unpaired) electrons. The number of rotatable bonds is 13. The van der Waals surface area contributed by atoms with Gasteiger partial charge in [-0.15, -0.1) is 11.3 Å². The standard InChI is InChI=1S/C23H26FN3O4S2/c24-19-12-10-18(11-13-19)15-31-16-22(28)25-14-6-2-3-7-20-17-32-23(26-20)27-33(29,30)21-8-4-1-5-9-21/h1,4-5,8-13,17H,2-3,6-7,14-16H2,(H,25,28)(H,26,27). The lowest BCUT2D eigenvalue weighted by Crippen LogP contribution is -2.28. The Hall–Kier alpha value is -2.82. The van der Waals surface area contributed by atoms with Crippen LogP contribution in [0.2, 0.25) is 0 Å². The molecule has 0 fully saturated rings. The summed E-state index contributed by atoms with van der Waals surface area (Å²) < 4.78 is 45.4. The van der Waals surface area contributed by atoms with E-state index in [0.717, 1.165) is 36.9 Å². The zero-order valence-corrected chi connectivity index (χ0v) is 19.6. The van der Waals surface area contributed by atoms with Gasteiger partial charge in [0, 0.05) is 11.9 Å². The molecule has 10 heteroatoms. The lowest BCUT2D eigenvalue weighted by molar-refractivity contribution is -0.126. The van der Waals surface area contributed by atoms with Crippen LogP contribution in [0.15, 0.2) is 64.9 Å². The molecule has 176 valence electrons. The van der Waals surface area contributed by atoms with Crippen molar-refractivity contribution in [3.8, 4) is 0 Å². The van der Waals surface area contributed by atoms with Gasteiger partial charge >= 0.3 is 0 Å². The minimum absolute atomic E-state index is 0.0438. The van der Waals surface area contributed by atoms with Crippen LogP contribution in [0, 0.1) is 5.82 Å². The highest BCUT2D eigenvalue weighted by Crippen LogP contribution is 2.21. The summed E-state index contributed by atoms with van der Waals surface area (Å²) in [4.78, 5) is 16.4. The molecule has 3 rings (SSSR count). The molecule has 0 aliphatic carbocycles. The van der Waals surface area contributed by atoms with E-state index in [1.165, 1.54) is 35.6 Å². The third-order valence-electron chi connectivity index (χ3n) is 4.67. The molecule has 2 aromatic carbocycles. The third kappa shape index (κ3) is 8.56. The Balaban J connectivity index is 1.27. The topological polar surface area (TPSA) is 97.4 Å². The van der Waals surface area contributed by atoms with Gasteiger partial charge in [-0.3, -0.25) is 9.52 Å². The van der Waals surface area contributed by atoms with Gasteiger partial charge in [0.1, 0.15) is 12.4 Å². The Morgan fingerprint density at radius 3 is 2.55 bits per heavy atom. The third-order valence-corrected chi connectivity index (χ3v) is 6.96. The van der Waals surface area contributed by atoms with Crippen molar-refractivity contribution in [2.45, 2.75) is 37.2 Å². The molecular formula is C23H26FN3O4S2. The van der Waals surface area contributed by atoms with Crippen LogP contribution in [0.4, 0.5) is 9.52 Å². The number of nitrogens with one attached hydrogen (secondary N) is 2. The number of halogens is 1. The number of anilines is 1. The number of hydrogen-bond donors (Lipinski definition) is 2. The van der Waals surface area contributed by atoms with Crippen molar-refractivity contribution in [3.05, 3.63) is 77.1 Å². The lowest BCUT2D eigenvalue weighted by atomic mass is 10.1. The first-order valence-corrected chi connectivity index (χ1v) is 12.9. The second-order valence-corrected chi connectivity index (χ2v) is 9.88. The van der Waals surface area contributed by atoms with E-state index in [2.05, 4.69) is 15.0 Å². The van der Waals surface area contributed by atoms with Crippen molar-refractivity contribution in [1.29, 1.82) is 0 Å². The van der Waals surface area contributed by atoms with E-state index in [1.54, 1.807) is 30.3 Å². The molecule has 1 aromatic heterocycles. The molecule has 0 saturated carbocycles. The SMILES string of the molecule is O=C(COCc1ccc(F)cc1)NCCCCCc1csc(NS(=O)(=O)c2ccccc2)n1. The molecule has 2 N–H and O–H groups in total. The van der Waals surface area contributed by atoms with Crippen LogP contribution in [0.3, 0.4) is 0 Å². The molecule has 33 heavy (non-hydrogen) atoms. The van der Waals surface area contributed by atoms with Crippen LogP contribution >= 0.6 is 11.3 Å². The number of ether oxygens (including phenoxy) is 1. The summed E-state index contributed by atoms with van der Waals surface area (Å²) in [6.45, 7) is 0.765. The van der Waals surface area contributed by atoms with E-state index in [4.69, 9.17) is 4.74 Å². The summed E-state index contributed by atoms with van der Waals surface area (Å²) in [6.07, 6.45) is 3.34. The molecule has 0 bridgehead atoms. The Bertz CT molecular complexity index is 1120. The largest absolute Gasteiger partial charge is 0.367 e. The monoisotopic (exact) mass is 491 g/mol. The van der Waals surface area contributed by atoms with E-state index in [9.17, 15) is 17.6 Å². The van der Waals surface area contributed by atoms with Crippen molar-refractivity contribution in [2.75, 3.05) is 17.9 Å². The molecule has 1 heterocycles. The van der Waals surface area contributed by atoms with Crippen LogP contribution in [-0.2, 0) is 32.6 Å². The first kappa shape index (κ1) is 24.8. The predicted octanol–water partition coefficient (Wildman–Crippen LogP) is 4.13. The summed E-state index contributed by atoms with van der Waals surface area (Å²) >= 11 is 1.26. The average Bonchev–Trinajstić information content (AvgIpc) is 3.24. The highest BCUT2D eigenvalue weighted by Gasteiger charge is 2.15. The number of sulfonamides is 1. The first-order chi connectivity index (χ1) is 15.9. The number of unbranched alkanes of at least 4 members (excludes halogenated alkanes) is 2. The Labute approximate surface area is 197 Å². The molecule has 0 aliphatic heterocycles. The maximum absolute atomic E-state index is 12.8. The van der Waals surface area contributed by atoms with Gasteiger partial charge in [0.15, 0.2) is 5.13 Å². The zero-order chi connectivity index (χ0) is 23.5. The van der Waals surface area contributed by atoms with Crippen LogP contribution in [-0.4, -0.2) is 32.5 Å². The van der Waals surface area contributed by atoms with Crippen molar-refractivity contribution < 1.29 is 22.3 Å². The maximum atomic E-state index is 12.8. The van der Waals surface area contributed by atoms with Gasteiger partial charge < -0.3 is 10.1 Å². The fourth-order valence-corrected chi connectivity index (χ4v) is 4.99. The predicted molar refractivity (Wildman–Crippen MR) is 126 cm³/mol. The van der Waals surface area contributed by atoms with Crippen LogP contribution < -0.4 is 10.0 Å². The molecule has 1 amide bonds. The van der Waals surface area contributed by atoms with Crippen molar-refractivity contribution in [1.82, 2.24) is 10.3 Å². The zero-order valence-electron chi connectivity index (χ0n) is 18.0. The molecule has 7 nitrogen and oxygen atoms in total. The van der Waals surface area contributed by atoms with Crippen molar-refractivity contribution in [3.63, 3.8) is 0 Å². The van der Waals surface area contributed by atoms with E-state index < -0.39 is 10.0 Å². The Morgan fingerprint density at radius 1 is 1.03 bits per heavy atom. The molecule has 0 atom stereocenters. The Kier molecular flexibility index (Phi) is 9.35. The highest BCUT2D eigenvalue weighted by atomic mass is 32.2. The Morgan fingerprint density at radius 2 is 1.79 bits per heavy atom. The quantitative estimate of drug-likeness (QED) is 0.351. The second kappa shape index (κ2) is 12.4. The summed E-state index contributed by atoms with van der Waals surface area (Å²) in [5, 5.41) is 5.01. The highest BCUT2D eigenvalue weighted by molar-refractivity contribution is 7.93. The van der Waals surface area contributed by atoms with E-state index in [-0.39, 0.29) is 29.8 Å². The van der Waals surface area contributed by atoms with Crippen molar-refractivity contribution in [2.24, 2.45) is 0 Å². The minimum atomic E-state index is -3.63. The van der Waals surface area contributed by atoms with Gasteiger partial charge in [-0.1, -0.05) is 36.8 Å². The average molecular weight is 492 g/mol. The van der Waals surface area contributed by atoms with Gasteiger partial charge in [-0.25, -0.2) is 17.8 Å². The summed E-state index contributed by atoms with van der Waals surface area (Å²) in [6, 6.07) is 14.1. The smallest absolute Gasteiger partial charge is 0.263 e. The molecular weight excluding hydrogens is 465 g/mol. The number of benzene rings is 2. The molecule has 0 unspecified atom stereocenters. The number of aromatic nitrogens is 1. The lowest BCUT2D eigenvalue weighted by Gasteiger charge is -2.06. The number of thiazole rings is 1. The minimum Gasteiger partial charge on any atom is -0.367 e. The maximum Gasteiger partial charge on any atom is 0.263 e. The van der Waals surface area contributed by atoms with Gasteiger partial charge in [0.2, 0.25) is 5.91 Å². The van der Waals surface area contributed by atoms with Gasteiger partial charge in [0.25, 0.3) is 10.0 Å². The number of nitrogens with zero attached hydrogens (tertiary/aromatic N) is 1. The van der Waals surface area contributed by atoms with Crippen LogP contribution in [0.25, 0.3) is 0 Å². The van der Waals surface area contributed by atoms with Gasteiger partial charge in [-0.05, 0) is 49.1 Å². The fourth-order valence-electron chi connectivity index (χ4n) is 2.97. The number of amides is 1. The molecule has 0 spiro atoms. The molecule has 0 saturated heterocycles. The van der Waals surface area contributed by atoms with Crippen molar-refractivity contribution >= 4 is 32.4 Å². The van der Waals surface area contributed by atoms with E-state index in [1.807, 2.05) is 5.38 Å². The number of carbonyl (C=O) groups excluding carboxylic acids is 1. The second-order valence-electron chi connectivity index (χ2n) is 7.34. The van der Waals surface area contributed by atoms with Crippen LogP contribution in [0.5, 0.6) is 0 Å². The summed E-state index contributed by atoms with van der Waals surface area (Å²) in [5.74, 6) is -0.494. The normalized spacial score (nSPS) is 11.3. The fraction of sp³-hybridized carbons (Fsp3) is 0.304. The number of aryl methyl sites for hydroxylation is 1.